The van der Waals surface area contributed by atoms with Crippen LogP contribution in [-0.2, 0) is 14.8 Å². The molecule has 1 N–H and O–H groups in total. The van der Waals surface area contributed by atoms with Crippen LogP contribution < -0.4 is 23.8 Å². The smallest absolute Gasteiger partial charge is 0.264 e. The van der Waals surface area contributed by atoms with E-state index < -0.39 is 28.5 Å². The maximum absolute atomic E-state index is 13.7. The number of nitrogens with zero attached hydrogens (tertiary/aromatic N) is 1. The minimum absolute atomic E-state index is 0.00732. The molecule has 0 aliphatic carbocycles. The van der Waals surface area contributed by atoms with Gasteiger partial charge in [-0.05, 0) is 44.2 Å². The average Bonchev–Trinajstić information content (AvgIpc) is 2.87. The number of carbonyl (C=O) groups excluding carboxylic acids is 1. The zero-order chi connectivity index (χ0) is 25.0. The second kappa shape index (κ2) is 10.3. The van der Waals surface area contributed by atoms with E-state index in [0.717, 1.165) is 15.4 Å². The Morgan fingerprint density at radius 2 is 1.71 bits per heavy atom. The van der Waals surface area contributed by atoms with E-state index in [-0.39, 0.29) is 4.90 Å². The molecule has 4 rings (SSSR count). The summed E-state index contributed by atoms with van der Waals surface area (Å²) in [6.07, 6.45) is 0. The lowest BCUT2D eigenvalue weighted by Crippen LogP contribution is -2.41. The summed E-state index contributed by atoms with van der Waals surface area (Å²) >= 11 is 0. The average molecular weight is 497 g/mol. The summed E-state index contributed by atoms with van der Waals surface area (Å²) in [6.45, 7) is 4.06. The fourth-order valence-corrected chi connectivity index (χ4v) is 5.29. The van der Waals surface area contributed by atoms with Crippen LogP contribution in [0, 0.1) is 6.92 Å². The number of para-hydroxylation sites is 1. The summed E-state index contributed by atoms with van der Waals surface area (Å²) in [7, 11) is -2.53. The highest BCUT2D eigenvalue weighted by Crippen LogP contribution is 2.34. The second-order valence-corrected chi connectivity index (χ2v) is 10.0. The van der Waals surface area contributed by atoms with Crippen molar-refractivity contribution in [3.05, 3.63) is 77.9 Å². The number of carbonyl (C=O) groups is 1. The molecule has 1 aliphatic heterocycles. The third kappa shape index (κ3) is 5.35. The zero-order valence-electron chi connectivity index (χ0n) is 19.9. The molecule has 3 aromatic rings. The number of amides is 1. The number of rotatable bonds is 8. The van der Waals surface area contributed by atoms with E-state index >= 15 is 0 Å². The van der Waals surface area contributed by atoms with Gasteiger partial charge in [0, 0.05) is 11.6 Å². The molecule has 9 heteroatoms. The van der Waals surface area contributed by atoms with Gasteiger partial charge in [-0.25, -0.2) is 8.42 Å². The van der Waals surface area contributed by atoms with Gasteiger partial charge in [0.05, 0.1) is 23.7 Å². The first-order valence-electron chi connectivity index (χ1n) is 11.2. The Bertz CT molecular complexity index is 1310. The number of ether oxygens (including phenoxy) is 3. The molecule has 0 aromatic heterocycles. The van der Waals surface area contributed by atoms with Crippen LogP contribution in [0.2, 0.25) is 0 Å². The van der Waals surface area contributed by atoms with E-state index in [4.69, 9.17) is 14.2 Å². The van der Waals surface area contributed by atoms with Gasteiger partial charge in [-0.2, -0.15) is 0 Å². The molecule has 0 bridgehead atoms. The van der Waals surface area contributed by atoms with Gasteiger partial charge in [0.2, 0.25) is 5.91 Å². The number of hydrogen-bond acceptors (Lipinski definition) is 6. The third-order valence-electron chi connectivity index (χ3n) is 5.69. The van der Waals surface area contributed by atoms with Crippen LogP contribution in [0.5, 0.6) is 17.2 Å². The van der Waals surface area contributed by atoms with Crippen molar-refractivity contribution in [2.75, 3.05) is 31.2 Å². The van der Waals surface area contributed by atoms with Crippen LogP contribution in [0.25, 0.3) is 0 Å². The lowest BCUT2D eigenvalue weighted by molar-refractivity contribution is -0.120. The van der Waals surface area contributed by atoms with Gasteiger partial charge in [0.25, 0.3) is 10.0 Å². The van der Waals surface area contributed by atoms with E-state index in [1.54, 1.807) is 37.4 Å². The fraction of sp³-hybridized carbons (Fsp3) is 0.269. The van der Waals surface area contributed by atoms with E-state index in [1.165, 1.54) is 12.1 Å². The highest BCUT2D eigenvalue weighted by Gasteiger charge is 2.29. The number of anilines is 1. The molecule has 1 aliphatic rings. The molecule has 0 radical (unpaired) electrons. The van der Waals surface area contributed by atoms with Gasteiger partial charge in [-0.15, -0.1) is 0 Å². The predicted molar refractivity (Wildman–Crippen MR) is 133 cm³/mol. The molecule has 0 spiro atoms. The van der Waals surface area contributed by atoms with Gasteiger partial charge >= 0.3 is 0 Å². The van der Waals surface area contributed by atoms with Gasteiger partial charge < -0.3 is 19.5 Å². The number of hydrogen-bond donors (Lipinski definition) is 1. The summed E-state index contributed by atoms with van der Waals surface area (Å²) in [4.78, 5) is 13.1. The highest BCUT2D eigenvalue weighted by atomic mass is 32.2. The number of sulfonamides is 1. The molecule has 0 saturated heterocycles. The van der Waals surface area contributed by atoms with Gasteiger partial charge in [0.15, 0.2) is 11.5 Å². The Kier molecular flexibility index (Phi) is 7.16. The Balaban J connectivity index is 1.63. The van der Waals surface area contributed by atoms with E-state index in [1.807, 2.05) is 38.1 Å². The molecule has 1 atom stereocenters. The molecule has 3 aromatic carbocycles. The summed E-state index contributed by atoms with van der Waals surface area (Å²) in [5.74, 6) is 1.03. The largest absolute Gasteiger partial charge is 0.496 e. The monoisotopic (exact) mass is 496 g/mol. The molecule has 1 heterocycles. The van der Waals surface area contributed by atoms with Crippen molar-refractivity contribution in [1.29, 1.82) is 0 Å². The molecule has 184 valence electrons. The Morgan fingerprint density at radius 3 is 2.43 bits per heavy atom. The SMILES string of the molecule is COc1ccccc1C(C)NC(=O)CN(c1ccc(C)cc1)S(=O)(=O)c1ccc2c(c1)OCCO2. The number of nitrogens with one attached hydrogen (secondary N) is 1. The van der Waals surface area contributed by atoms with Crippen molar-refractivity contribution in [1.82, 2.24) is 5.32 Å². The first-order valence-corrected chi connectivity index (χ1v) is 12.6. The fourth-order valence-electron chi connectivity index (χ4n) is 3.86. The Hall–Kier alpha value is -3.72. The first-order chi connectivity index (χ1) is 16.8. The Labute approximate surface area is 205 Å². The molecule has 1 unspecified atom stereocenters. The van der Waals surface area contributed by atoms with Crippen molar-refractivity contribution in [2.24, 2.45) is 0 Å². The van der Waals surface area contributed by atoms with Crippen molar-refractivity contribution in [2.45, 2.75) is 24.8 Å². The lowest BCUT2D eigenvalue weighted by atomic mass is 10.1. The quantitative estimate of drug-likeness (QED) is 0.509. The molecule has 0 fully saturated rings. The van der Waals surface area contributed by atoms with Crippen LogP contribution in [0.4, 0.5) is 5.69 Å². The zero-order valence-corrected chi connectivity index (χ0v) is 20.7. The molecule has 35 heavy (non-hydrogen) atoms. The van der Waals surface area contributed by atoms with Crippen LogP contribution in [0.3, 0.4) is 0 Å². The standard InChI is InChI=1S/C26H28N2O6S/c1-18-8-10-20(11-9-18)28(17-26(29)27-19(2)22-6-4-5-7-23(22)32-3)35(30,31)21-12-13-24-25(16-21)34-15-14-33-24/h4-13,16,19H,14-15,17H2,1-3H3,(H,27,29). The normalized spacial score (nSPS) is 13.6. The second-order valence-electron chi connectivity index (χ2n) is 8.18. The van der Waals surface area contributed by atoms with Crippen LogP contribution in [0.1, 0.15) is 24.1 Å². The summed E-state index contributed by atoms with van der Waals surface area (Å²) in [5.41, 5.74) is 2.14. The number of benzene rings is 3. The molecular formula is C26H28N2O6S. The molecule has 8 nitrogen and oxygen atoms in total. The highest BCUT2D eigenvalue weighted by molar-refractivity contribution is 7.92. The van der Waals surface area contributed by atoms with E-state index in [9.17, 15) is 13.2 Å². The van der Waals surface area contributed by atoms with Crippen molar-refractivity contribution in [3.63, 3.8) is 0 Å². The number of fused-ring (bicyclic) bond motifs is 1. The van der Waals surface area contributed by atoms with Crippen LogP contribution in [0.15, 0.2) is 71.6 Å². The minimum Gasteiger partial charge on any atom is -0.496 e. The summed E-state index contributed by atoms with van der Waals surface area (Å²) < 4.78 is 45.0. The molecular weight excluding hydrogens is 468 g/mol. The first kappa shape index (κ1) is 24.4. The molecule has 1 amide bonds. The summed E-state index contributed by atoms with van der Waals surface area (Å²) in [5, 5.41) is 2.89. The maximum Gasteiger partial charge on any atom is 0.264 e. The van der Waals surface area contributed by atoms with Crippen LogP contribution in [-0.4, -0.2) is 41.2 Å². The Morgan fingerprint density at radius 1 is 1.03 bits per heavy atom. The summed E-state index contributed by atoms with van der Waals surface area (Å²) in [6, 6.07) is 18.4. The number of aryl methyl sites for hydroxylation is 1. The number of methoxy groups -OCH3 is 1. The van der Waals surface area contributed by atoms with E-state index in [0.29, 0.717) is 36.1 Å². The van der Waals surface area contributed by atoms with Gasteiger partial charge in [0.1, 0.15) is 25.5 Å². The van der Waals surface area contributed by atoms with Crippen molar-refractivity contribution in [3.8, 4) is 17.2 Å². The van der Waals surface area contributed by atoms with Crippen molar-refractivity contribution >= 4 is 21.6 Å². The predicted octanol–water partition coefficient (Wildman–Crippen LogP) is 3.85. The lowest BCUT2D eigenvalue weighted by Gasteiger charge is -2.26. The van der Waals surface area contributed by atoms with Crippen LogP contribution >= 0.6 is 0 Å². The third-order valence-corrected chi connectivity index (χ3v) is 7.46. The minimum atomic E-state index is -4.10. The van der Waals surface area contributed by atoms with Crippen molar-refractivity contribution < 1.29 is 27.4 Å². The van der Waals surface area contributed by atoms with E-state index in [2.05, 4.69) is 5.32 Å². The topological polar surface area (TPSA) is 94.2 Å². The molecule has 0 saturated carbocycles. The maximum atomic E-state index is 13.7. The van der Waals surface area contributed by atoms with Gasteiger partial charge in [-0.1, -0.05) is 35.9 Å². The van der Waals surface area contributed by atoms with Gasteiger partial charge in [-0.3, -0.25) is 9.10 Å².